The van der Waals surface area contributed by atoms with E-state index in [4.69, 9.17) is 4.74 Å². The van der Waals surface area contributed by atoms with E-state index in [9.17, 15) is 14.9 Å². The highest BCUT2D eigenvalue weighted by molar-refractivity contribution is 7.99. The zero-order valence-electron chi connectivity index (χ0n) is 17.4. The minimum absolute atomic E-state index is 0.0335. The van der Waals surface area contributed by atoms with E-state index in [-0.39, 0.29) is 29.1 Å². The highest BCUT2D eigenvalue weighted by Gasteiger charge is 2.19. The summed E-state index contributed by atoms with van der Waals surface area (Å²) in [5.74, 6) is 1.03. The van der Waals surface area contributed by atoms with Crippen LogP contribution >= 0.6 is 11.8 Å². The molecular formula is C21H23N5O4S. The number of benzene rings is 2. The topological polar surface area (TPSA) is 112 Å². The van der Waals surface area contributed by atoms with Crippen LogP contribution in [0.2, 0.25) is 0 Å². The Hall–Kier alpha value is -3.40. The van der Waals surface area contributed by atoms with Gasteiger partial charge in [0.1, 0.15) is 11.4 Å². The summed E-state index contributed by atoms with van der Waals surface area (Å²) in [5, 5.41) is 22.5. The first kappa shape index (κ1) is 22.3. The number of amides is 1. The predicted molar refractivity (Wildman–Crippen MR) is 118 cm³/mol. The molecule has 0 aliphatic rings. The number of aromatic nitrogens is 3. The fourth-order valence-electron chi connectivity index (χ4n) is 2.92. The number of nitro benzene ring substituents is 1. The van der Waals surface area contributed by atoms with Gasteiger partial charge in [0.25, 0.3) is 5.69 Å². The zero-order valence-corrected chi connectivity index (χ0v) is 18.3. The lowest BCUT2D eigenvalue weighted by Gasteiger charge is -2.14. The first-order chi connectivity index (χ1) is 14.9. The smallest absolute Gasteiger partial charge is 0.292 e. The van der Waals surface area contributed by atoms with Gasteiger partial charge >= 0.3 is 0 Å². The van der Waals surface area contributed by atoms with E-state index in [1.807, 2.05) is 31.2 Å². The molecule has 3 rings (SSSR count). The second kappa shape index (κ2) is 10.1. The number of hydrogen-bond donors (Lipinski definition) is 1. The lowest BCUT2D eigenvalue weighted by atomic mass is 10.2. The molecule has 0 spiro atoms. The fourth-order valence-corrected chi connectivity index (χ4v) is 3.64. The summed E-state index contributed by atoms with van der Waals surface area (Å²) in [6.45, 7) is 3.98. The SMILES string of the molecule is CCc1ccc(OC(C)c2nnc(SCC(=O)Nc3ccccc3[N+](=O)[O-])n2C)cc1. The molecule has 10 heteroatoms. The van der Waals surface area contributed by atoms with Crippen molar-refractivity contribution in [2.45, 2.75) is 31.5 Å². The molecule has 1 aromatic heterocycles. The van der Waals surface area contributed by atoms with Crippen molar-refractivity contribution in [2.75, 3.05) is 11.1 Å². The fraction of sp³-hybridized carbons (Fsp3) is 0.286. The van der Waals surface area contributed by atoms with E-state index in [1.165, 1.54) is 29.5 Å². The van der Waals surface area contributed by atoms with Gasteiger partial charge in [-0.05, 0) is 37.1 Å². The van der Waals surface area contributed by atoms with E-state index in [0.717, 1.165) is 12.2 Å². The summed E-state index contributed by atoms with van der Waals surface area (Å²) in [4.78, 5) is 22.8. The number of nitrogens with one attached hydrogen (secondary N) is 1. The molecule has 3 aromatic rings. The largest absolute Gasteiger partial charge is 0.483 e. The number of carbonyl (C=O) groups is 1. The Morgan fingerprint density at radius 1 is 1.23 bits per heavy atom. The third kappa shape index (κ3) is 5.60. The molecule has 1 heterocycles. The highest BCUT2D eigenvalue weighted by atomic mass is 32.2. The normalized spacial score (nSPS) is 11.7. The van der Waals surface area contributed by atoms with E-state index in [0.29, 0.717) is 11.0 Å². The number of nitro groups is 1. The van der Waals surface area contributed by atoms with Gasteiger partial charge in [-0.1, -0.05) is 43.0 Å². The van der Waals surface area contributed by atoms with Crippen LogP contribution in [0.1, 0.15) is 31.3 Å². The van der Waals surface area contributed by atoms with E-state index in [2.05, 4.69) is 22.4 Å². The van der Waals surface area contributed by atoms with Crippen LogP contribution in [-0.2, 0) is 18.3 Å². The number of anilines is 1. The Labute approximate surface area is 184 Å². The maximum Gasteiger partial charge on any atom is 0.292 e. The summed E-state index contributed by atoms with van der Waals surface area (Å²) >= 11 is 1.19. The van der Waals surface area contributed by atoms with E-state index < -0.39 is 4.92 Å². The van der Waals surface area contributed by atoms with Crippen LogP contribution in [0.25, 0.3) is 0 Å². The van der Waals surface area contributed by atoms with Crippen molar-refractivity contribution in [3.8, 4) is 5.75 Å². The number of rotatable bonds is 9. The Morgan fingerprint density at radius 3 is 2.61 bits per heavy atom. The quantitative estimate of drug-likeness (QED) is 0.301. The molecule has 1 unspecified atom stereocenters. The summed E-state index contributed by atoms with van der Waals surface area (Å²) in [5.41, 5.74) is 1.24. The highest BCUT2D eigenvalue weighted by Crippen LogP contribution is 2.26. The van der Waals surface area contributed by atoms with E-state index in [1.54, 1.807) is 23.7 Å². The Bertz CT molecular complexity index is 1070. The minimum atomic E-state index is -0.533. The Balaban J connectivity index is 1.59. The number of carbonyl (C=O) groups excluding carboxylic acids is 1. The van der Waals surface area contributed by atoms with Gasteiger partial charge in [-0.15, -0.1) is 10.2 Å². The molecule has 0 aliphatic carbocycles. The minimum Gasteiger partial charge on any atom is -0.483 e. The van der Waals surface area contributed by atoms with Gasteiger partial charge in [-0.25, -0.2) is 0 Å². The van der Waals surface area contributed by atoms with Gasteiger partial charge in [-0.2, -0.15) is 0 Å². The number of hydrogen-bond acceptors (Lipinski definition) is 7. The van der Waals surface area contributed by atoms with E-state index >= 15 is 0 Å². The molecule has 31 heavy (non-hydrogen) atoms. The van der Waals surface area contributed by atoms with Crippen molar-refractivity contribution in [1.82, 2.24) is 14.8 Å². The third-order valence-electron chi connectivity index (χ3n) is 4.58. The third-order valence-corrected chi connectivity index (χ3v) is 5.60. The maximum absolute atomic E-state index is 12.3. The number of ether oxygens (including phenoxy) is 1. The van der Waals surface area contributed by atoms with Gasteiger partial charge in [0.15, 0.2) is 17.1 Å². The average molecular weight is 442 g/mol. The molecule has 162 valence electrons. The summed E-state index contributed by atoms with van der Waals surface area (Å²) in [6, 6.07) is 13.9. The number of para-hydroxylation sites is 2. The molecule has 0 fully saturated rings. The van der Waals surface area contributed by atoms with Gasteiger partial charge in [-0.3, -0.25) is 14.9 Å². The molecule has 9 nitrogen and oxygen atoms in total. The second-order valence-corrected chi connectivity index (χ2v) is 7.71. The first-order valence-electron chi connectivity index (χ1n) is 9.70. The molecule has 1 amide bonds. The van der Waals surface area contributed by atoms with Crippen LogP contribution < -0.4 is 10.1 Å². The van der Waals surface area contributed by atoms with Crippen LogP contribution in [-0.4, -0.2) is 31.3 Å². The molecule has 0 radical (unpaired) electrons. The Kier molecular flexibility index (Phi) is 7.24. The molecular weight excluding hydrogens is 418 g/mol. The standard InChI is InChI=1S/C21H23N5O4S/c1-4-15-9-11-16(12-10-15)30-14(2)20-23-24-21(25(20)3)31-13-19(27)22-17-7-5-6-8-18(17)26(28)29/h5-12,14H,4,13H2,1-3H3,(H,22,27). The number of aryl methyl sites for hydroxylation is 1. The molecule has 0 saturated heterocycles. The van der Waals surface area contributed by atoms with Crippen molar-refractivity contribution in [3.63, 3.8) is 0 Å². The van der Waals surface area contributed by atoms with Gasteiger partial charge in [0, 0.05) is 13.1 Å². The van der Waals surface area contributed by atoms with Gasteiger partial charge in [0.05, 0.1) is 10.7 Å². The second-order valence-electron chi connectivity index (χ2n) is 6.77. The van der Waals surface area contributed by atoms with Gasteiger partial charge in [0.2, 0.25) is 5.91 Å². The van der Waals surface area contributed by atoms with Crippen molar-refractivity contribution in [3.05, 3.63) is 70.0 Å². The molecule has 0 aliphatic heterocycles. The van der Waals surface area contributed by atoms with Crippen molar-refractivity contribution >= 4 is 29.0 Å². The molecule has 0 bridgehead atoms. The van der Waals surface area contributed by atoms with Crippen LogP contribution in [0.3, 0.4) is 0 Å². The summed E-state index contributed by atoms with van der Waals surface area (Å²) in [6.07, 6.45) is 0.630. The molecule has 1 atom stereocenters. The van der Waals surface area contributed by atoms with Crippen LogP contribution in [0, 0.1) is 10.1 Å². The average Bonchev–Trinajstić information content (AvgIpc) is 3.13. The lowest BCUT2D eigenvalue weighted by molar-refractivity contribution is -0.383. The summed E-state index contributed by atoms with van der Waals surface area (Å²) in [7, 11) is 1.80. The lowest BCUT2D eigenvalue weighted by Crippen LogP contribution is -2.15. The summed E-state index contributed by atoms with van der Waals surface area (Å²) < 4.78 is 7.73. The molecule has 2 aromatic carbocycles. The zero-order chi connectivity index (χ0) is 22.4. The van der Waals surface area contributed by atoms with Gasteiger partial charge < -0.3 is 14.6 Å². The predicted octanol–water partition coefficient (Wildman–Crippen LogP) is 4.16. The number of nitrogens with zero attached hydrogens (tertiary/aromatic N) is 4. The maximum atomic E-state index is 12.3. The van der Waals surface area contributed by atoms with Crippen molar-refractivity contribution in [1.29, 1.82) is 0 Å². The Morgan fingerprint density at radius 2 is 1.94 bits per heavy atom. The first-order valence-corrected chi connectivity index (χ1v) is 10.7. The van der Waals surface area contributed by atoms with Crippen LogP contribution in [0.4, 0.5) is 11.4 Å². The molecule has 1 N–H and O–H groups in total. The number of thioether (sulfide) groups is 1. The van der Waals surface area contributed by atoms with Crippen LogP contribution in [0.5, 0.6) is 5.75 Å². The van der Waals surface area contributed by atoms with Crippen molar-refractivity contribution in [2.24, 2.45) is 7.05 Å². The molecule has 0 saturated carbocycles. The van der Waals surface area contributed by atoms with Crippen molar-refractivity contribution < 1.29 is 14.5 Å². The van der Waals surface area contributed by atoms with Crippen LogP contribution in [0.15, 0.2) is 53.7 Å². The monoisotopic (exact) mass is 441 g/mol.